The molecule has 1 spiro atoms. The molecule has 2 aromatic heterocycles. The molecule has 0 bridgehead atoms. The Labute approximate surface area is 305 Å². The van der Waals surface area contributed by atoms with Gasteiger partial charge in [0, 0.05) is 33.4 Å². The van der Waals surface area contributed by atoms with Gasteiger partial charge in [-0.15, -0.1) is 0 Å². The second-order valence-electron chi connectivity index (χ2n) is 13.4. The summed E-state index contributed by atoms with van der Waals surface area (Å²) >= 11 is 0. The molecular formula is C47H28N4O2. The van der Waals surface area contributed by atoms with Crippen molar-refractivity contribution >= 4 is 11.1 Å². The molecule has 1 aliphatic carbocycles. The van der Waals surface area contributed by atoms with E-state index in [9.17, 15) is 0 Å². The summed E-state index contributed by atoms with van der Waals surface area (Å²) in [4.78, 5) is 20.0. The lowest BCUT2D eigenvalue weighted by atomic mass is 9.66. The van der Waals surface area contributed by atoms with Crippen LogP contribution in [-0.2, 0) is 5.41 Å². The lowest BCUT2D eigenvalue weighted by Crippen LogP contribution is -2.32. The van der Waals surface area contributed by atoms with Crippen molar-refractivity contribution < 1.29 is 9.15 Å². The molecule has 0 radical (unpaired) electrons. The average molecular weight is 681 g/mol. The highest BCUT2D eigenvalue weighted by atomic mass is 16.5. The Bertz CT molecular complexity index is 2750. The molecule has 6 heteroatoms. The highest BCUT2D eigenvalue weighted by molar-refractivity contribution is 5.92. The first-order valence-corrected chi connectivity index (χ1v) is 17.6. The number of rotatable bonds is 4. The molecule has 53 heavy (non-hydrogen) atoms. The van der Waals surface area contributed by atoms with E-state index in [1.807, 2.05) is 97.1 Å². The van der Waals surface area contributed by atoms with Gasteiger partial charge < -0.3 is 9.15 Å². The van der Waals surface area contributed by atoms with E-state index in [0.29, 0.717) is 23.4 Å². The van der Waals surface area contributed by atoms with E-state index in [-0.39, 0.29) is 0 Å². The molecule has 0 fully saturated rings. The molecule has 2 aliphatic rings. The van der Waals surface area contributed by atoms with Crippen LogP contribution in [0.2, 0.25) is 0 Å². The fourth-order valence-corrected chi connectivity index (χ4v) is 8.11. The largest absolute Gasteiger partial charge is 0.457 e. The van der Waals surface area contributed by atoms with E-state index in [1.165, 1.54) is 5.56 Å². The Morgan fingerprint density at radius 1 is 0.377 bits per heavy atom. The van der Waals surface area contributed by atoms with E-state index in [2.05, 4.69) is 72.8 Å². The van der Waals surface area contributed by atoms with Gasteiger partial charge in [0.05, 0.1) is 5.41 Å². The minimum absolute atomic E-state index is 0.591. The summed E-state index contributed by atoms with van der Waals surface area (Å²) in [5.74, 6) is 4.10. The maximum absolute atomic E-state index is 6.61. The van der Waals surface area contributed by atoms with Crippen LogP contribution in [-0.4, -0.2) is 19.9 Å². The van der Waals surface area contributed by atoms with Crippen molar-refractivity contribution in [2.24, 2.45) is 0 Å². The summed E-state index contributed by atoms with van der Waals surface area (Å²) in [7, 11) is 0. The van der Waals surface area contributed by atoms with Crippen LogP contribution in [0.4, 0.5) is 0 Å². The van der Waals surface area contributed by atoms with Crippen LogP contribution in [0, 0.1) is 0 Å². The molecule has 11 rings (SSSR count). The molecule has 0 amide bonds. The number of para-hydroxylation sites is 4. The molecule has 248 valence electrons. The van der Waals surface area contributed by atoms with Crippen LogP contribution in [0.5, 0.6) is 11.5 Å². The molecule has 1 aliphatic heterocycles. The lowest BCUT2D eigenvalue weighted by Gasteiger charge is -2.39. The average Bonchev–Trinajstić information content (AvgIpc) is 3.79. The van der Waals surface area contributed by atoms with Crippen molar-refractivity contribution in [1.29, 1.82) is 0 Å². The Morgan fingerprint density at radius 2 is 0.943 bits per heavy atom. The quantitative estimate of drug-likeness (QED) is 0.184. The number of oxazole rings is 1. The number of fused-ring (bicyclic) bond motifs is 10. The zero-order valence-electron chi connectivity index (χ0n) is 28.3. The minimum Gasteiger partial charge on any atom is -0.457 e. The molecule has 0 unspecified atom stereocenters. The second kappa shape index (κ2) is 11.4. The zero-order chi connectivity index (χ0) is 34.9. The van der Waals surface area contributed by atoms with Gasteiger partial charge in [0.1, 0.15) is 17.0 Å². The highest BCUT2D eigenvalue weighted by Gasteiger charge is 2.51. The Balaban J connectivity index is 1.18. The summed E-state index contributed by atoms with van der Waals surface area (Å²) in [6.45, 7) is 0. The first kappa shape index (κ1) is 29.5. The molecular weight excluding hydrogens is 653 g/mol. The van der Waals surface area contributed by atoms with Gasteiger partial charge in [-0.1, -0.05) is 127 Å². The van der Waals surface area contributed by atoms with Gasteiger partial charge in [0.15, 0.2) is 23.1 Å². The summed E-state index contributed by atoms with van der Waals surface area (Å²) in [5, 5.41) is 0. The van der Waals surface area contributed by atoms with Crippen LogP contribution >= 0.6 is 0 Å². The minimum atomic E-state index is -0.677. The standard InChI is InChI=1S/C47H28N4O2/c1-3-13-29(14-4-1)43-49-44(30-15-5-2-6-16-30)51-45(50-43)31-23-25-33-34-27-32(46-48-39-19-9-12-22-42(39)53-46)24-26-35(34)47(38(33)28-31)36-17-7-10-20-40(36)52-41-21-11-8-18-37(41)47/h1-28H. The number of benzene rings is 7. The molecule has 0 saturated heterocycles. The fourth-order valence-electron chi connectivity index (χ4n) is 8.11. The summed E-state index contributed by atoms with van der Waals surface area (Å²) in [6.07, 6.45) is 0. The Morgan fingerprint density at radius 3 is 1.60 bits per heavy atom. The number of hydrogen-bond donors (Lipinski definition) is 0. The van der Waals surface area contributed by atoms with Crippen molar-refractivity contribution in [3.05, 3.63) is 192 Å². The fraction of sp³-hybridized carbons (Fsp3) is 0.0213. The smallest absolute Gasteiger partial charge is 0.227 e. The van der Waals surface area contributed by atoms with Crippen molar-refractivity contribution in [3.63, 3.8) is 0 Å². The highest BCUT2D eigenvalue weighted by Crippen LogP contribution is 2.62. The Kier molecular flexibility index (Phi) is 6.36. The van der Waals surface area contributed by atoms with Crippen LogP contribution < -0.4 is 4.74 Å². The SMILES string of the molecule is c1ccc(-c2nc(-c3ccccc3)nc(-c3ccc4c(c3)C3(c5ccccc5Oc5ccccc53)c3ccc(-c5nc6ccccc6o5)cc3-4)n2)cc1. The topological polar surface area (TPSA) is 73.9 Å². The molecule has 3 heterocycles. The third kappa shape index (κ3) is 4.45. The molecule has 0 atom stereocenters. The summed E-state index contributed by atoms with van der Waals surface area (Å²) in [6, 6.07) is 58.0. The zero-order valence-corrected chi connectivity index (χ0v) is 28.3. The maximum Gasteiger partial charge on any atom is 0.227 e. The van der Waals surface area contributed by atoms with E-state index in [0.717, 1.165) is 72.7 Å². The van der Waals surface area contributed by atoms with Gasteiger partial charge >= 0.3 is 0 Å². The molecule has 9 aromatic rings. The van der Waals surface area contributed by atoms with E-state index in [4.69, 9.17) is 29.1 Å². The monoisotopic (exact) mass is 680 g/mol. The molecule has 0 N–H and O–H groups in total. The molecule has 7 aromatic carbocycles. The van der Waals surface area contributed by atoms with Crippen molar-refractivity contribution in [2.45, 2.75) is 5.41 Å². The van der Waals surface area contributed by atoms with Crippen molar-refractivity contribution in [1.82, 2.24) is 19.9 Å². The lowest BCUT2D eigenvalue weighted by molar-refractivity contribution is 0.436. The van der Waals surface area contributed by atoms with Gasteiger partial charge in [-0.25, -0.2) is 19.9 Å². The third-order valence-corrected chi connectivity index (χ3v) is 10.4. The van der Waals surface area contributed by atoms with Gasteiger partial charge in [0.2, 0.25) is 5.89 Å². The van der Waals surface area contributed by atoms with Crippen molar-refractivity contribution in [3.8, 4) is 68.2 Å². The van der Waals surface area contributed by atoms with Gasteiger partial charge in [0.25, 0.3) is 0 Å². The van der Waals surface area contributed by atoms with Gasteiger partial charge in [-0.3, -0.25) is 0 Å². The molecule has 6 nitrogen and oxygen atoms in total. The summed E-state index contributed by atoms with van der Waals surface area (Å²) in [5.41, 5.74) is 11.3. The summed E-state index contributed by atoms with van der Waals surface area (Å²) < 4.78 is 12.9. The number of ether oxygens (including phenoxy) is 1. The van der Waals surface area contributed by atoms with Crippen LogP contribution in [0.25, 0.3) is 67.8 Å². The third-order valence-electron chi connectivity index (χ3n) is 10.4. The first-order chi connectivity index (χ1) is 26.2. The second-order valence-corrected chi connectivity index (χ2v) is 13.4. The van der Waals surface area contributed by atoms with Gasteiger partial charge in [-0.2, -0.15) is 0 Å². The van der Waals surface area contributed by atoms with Gasteiger partial charge in [-0.05, 0) is 64.7 Å². The maximum atomic E-state index is 6.61. The number of nitrogens with zero attached hydrogens (tertiary/aromatic N) is 4. The first-order valence-electron chi connectivity index (χ1n) is 17.6. The van der Waals surface area contributed by atoms with Crippen LogP contribution in [0.15, 0.2) is 174 Å². The van der Waals surface area contributed by atoms with Crippen LogP contribution in [0.3, 0.4) is 0 Å². The van der Waals surface area contributed by atoms with E-state index >= 15 is 0 Å². The predicted octanol–water partition coefficient (Wildman–Crippen LogP) is 11.1. The van der Waals surface area contributed by atoms with Crippen molar-refractivity contribution in [2.75, 3.05) is 0 Å². The van der Waals surface area contributed by atoms with E-state index < -0.39 is 5.41 Å². The van der Waals surface area contributed by atoms with E-state index in [1.54, 1.807) is 0 Å². The molecule has 0 saturated carbocycles. The normalized spacial score (nSPS) is 13.2. The predicted molar refractivity (Wildman–Crippen MR) is 207 cm³/mol. The Hall–Kier alpha value is -7.18. The number of aromatic nitrogens is 4. The van der Waals surface area contributed by atoms with Crippen LogP contribution in [0.1, 0.15) is 22.3 Å². The number of hydrogen-bond acceptors (Lipinski definition) is 6.